The Balaban J connectivity index is 1.60. The topological polar surface area (TPSA) is 62.7 Å². The first-order valence-corrected chi connectivity index (χ1v) is 11.1. The number of hydrazone groups is 1. The maximum atomic E-state index is 13.3. The van der Waals surface area contributed by atoms with Gasteiger partial charge in [-0.25, -0.2) is 14.6 Å². The van der Waals surface area contributed by atoms with Gasteiger partial charge in [-0.3, -0.25) is 0 Å². The summed E-state index contributed by atoms with van der Waals surface area (Å²) in [4.78, 5) is 12.0. The Hall–Kier alpha value is -2.21. The van der Waals surface area contributed by atoms with Crippen molar-refractivity contribution < 1.29 is 13.9 Å². The number of anilines is 1. The van der Waals surface area contributed by atoms with E-state index in [0.29, 0.717) is 0 Å². The van der Waals surface area contributed by atoms with E-state index in [9.17, 15) is 9.18 Å². The van der Waals surface area contributed by atoms with Gasteiger partial charge in [0.25, 0.3) is 0 Å². The number of nitrogens with zero attached hydrogens (tertiary/aromatic N) is 1. The second kappa shape index (κ2) is 10.7. The van der Waals surface area contributed by atoms with E-state index in [1.165, 1.54) is 12.1 Å². The number of urea groups is 1. The molecule has 3 rings (SSSR count). The largest absolute Gasteiger partial charge is 0.487 e. The summed E-state index contributed by atoms with van der Waals surface area (Å²) < 4.78 is 21.0. The van der Waals surface area contributed by atoms with E-state index in [1.54, 1.807) is 12.3 Å². The molecule has 0 radical (unpaired) electrons. The van der Waals surface area contributed by atoms with Gasteiger partial charge in [0, 0.05) is 5.69 Å². The van der Waals surface area contributed by atoms with Crippen LogP contribution in [0.3, 0.4) is 0 Å². The first-order valence-electron chi connectivity index (χ1n) is 8.94. The second-order valence-electron chi connectivity index (χ2n) is 6.37. The number of halogens is 3. The maximum Gasteiger partial charge on any atom is 0.339 e. The molecule has 5 nitrogen and oxygen atoms in total. The highest BCUT2D eigenvalue weighted by Crippen LogP contribution is 2.29. The van der Waals surface area contributed by atoms with Crippen molar-refractivity contribution in [2.75, 3.05) is 5.32 Å². The third-order valence-corrected chi connectivity index (χ3v) is 5.67. The summed E-state index contributed by atoms with van der Waals surface area (Å²) in [5, 5.41) is 6.76. The van der Waals surface area contributed by atoms with Gasteiger partial charge in [-0.2, -0.15) is 5.10 Å². The number of rotatable bonds is 6. The minimum atomic E-state index is -0.417. The number of ether oxygens (including phenoxy) is 1. The average Bonchev–Trinajstić information content (AvgIpc) is 2.69. The molecule has 8 heteroatoms. The van der Waals surface area contributed by atoms with Crippen molar-refractivity contribution in [3.8, 4) is 5.75 Å². The number of carbonyl (C=O) groups is 1. The molecule has 0 unspecified atom stereocenters. The summed E-state index contributed by atoms with van der Waals surface area (Å²) in [5.74, 6) is 0.439. The zero-order valence-corrected chi connectivity index (χ0v) is 20.3. The van der Waals surface area contributed by atoms with Gasteiger partial charge in [0.1, 0.15) is 18.2 Å². The number of nitrogens with one attached hydrogen (secondary N) is 2. The summed E-state index contributed by atoms with van der Waals surface area (Å²) in [6.45, 7) is 2.19. The average molecular weight is 629 g/mol. The molecule has 0 atom stereocenters. The van der Waals surface area contributed by atoms with E-state index in [1.807, 2.05) is 49.4 Å². The van der Waals surface area contributed by atoms with Crippen molar-refractivity contribution >= 4 is 63.1 Å². The van der Waals surface area contributed by atoms with E-state index in [0.717, 1.165) is 35.3 Å². The molecular formula is C22H18FI2N3O2. The van der Waals surface area contributed by atoms with Crippen molar-refractivity contribution in [2.24, 2.45) is 5.10 Å². The van der Waals surface area contributed by atoms with E-state index >= 15 is 0 Å². The molecule has 0 aliphatic carbocycles. The fourth-order valence-corrected chi connectivity index (χ4v) is 4.73. The molecule has 0 bridgehead atoms. The van der Waals surface area contributed by atoms with Gasteiger partial charge in [-0.05, 0) is 99.1 Å². The Kier molecular flexibility index (Phi) is 8.02. The van der Waals surface area contributed by atoms with Gasteiger partial charge in [0.15, 0.2) is 0 Å². The maximum absolute atomic E-state index is 13.3. The lowest BCUT2D eigenvalue weighted by Gasteiger charge is -2.11. The molecule has 3 aromatic carbocycles. The Morgan fingerprint density at radius 1 is 1.10 bits per heavy atom. The summed E-state index contributed by atoms with van der Waals surface area (Å²) in [7, 11) is 0. The molecule has 154 valence electrons. The monoisotopic (exact) mass is 629 g/mol. The minimum Gasteiger partial charge on any atom is -0.487 e. The highest BCUT2D eigenvalue weighted by Gasteiger charge is 2.09. The zero-order valence-electron chi connectivity index (χ0n) is 16.0. The van der Waals surface area contributed by atoms with Crippen LogP contribution in [0, 0.1) is 19.9 Å². The van der Waals surface area contributed by atoms with Crippen LogP contribution in [0.4, 0.5) is 14.9 Å². The van der Waals surface area contributed by atoms with Crippen LogP contribution in [0.25, 0.3) is 0 Å². The second-order valence-corrected chi connectivity index (χ2v) is 8.70. The molecule has 2 amide bonds. The Morgan fingerprint density at radius 3 is 2.53 bits per heavy atom. The van der Waals surface area contributed by atoms with Gasteiger partial charge in [-0.1, -0.05) is 30.3 Å². The minimum absolute atomic E-state index is 0.276. The van der Waals surface area contributed by atoms with Gasteiger partial charge >= 0.3 is 6.03 Å². The predicted molar refractivity (Wildman–Crippen MR) is 134 cm³/mol. The molecule has 0 saturated heterocycles. The molecule has 3 aromatic rings. The Bertz CT molecular complexity index is 1070. The van der Waals surface area contributed by atoms with E-state index in [2.05, 4.69) is 61.0 Å². The molecular weight excluding hydrogens is 611 g/mol. The summed E-state index contributed by atoms with van der Waals surface area (Å²) in [6, 6.07) is 17.2. The van der Waals surface area contributed by atoms with Crippen molar-refractivity contribution in [3.63, 3.8) is 0 Å². The van der Waals surface area contributed by atoms with Crippen LogP contribution in [-0.2, 0) is 6.61 Å². The SMILES string of the molecule is Cc1ccccc1NC(=O)NN=Cc1cc(I)c(OCc2cccc(F)c2)c(I)c1. The van der Waals surface area contributed by atoms with Crippen LogP contribution in [0.5, 0.6) is 5.75 Å². The van der Waals surface area contributed by atoms with E-state index in [-0.39, 0.29) is 12.4 Å². The number of hydrogen-bond donors (Lipinski definition) is 2. The number of carbonyl (C=O) groups excluding carboxylic acids is 1. The molecule has 0 spiro atoms. The molecule has 0 aliphatic heterocycles. The molecule has 0 fully saturated rings. The highest BCUT2D eigenvalue weighted by atomic mass is 127. The van der Waals surface area contributed by atoms with Crippen molar-refractivity contribution in [1.82, 2.24) is 5.43 Å². The van der Waals surface area contributed by atoms with E-state index < -0.39 is 6.03 Å². The van der Waals surface area contributed by atoms with Crippen LogP contribution >= 0.6 is 45.2 Å². The van der Waals surface area contributed by atoms with Gasteiger partial charge < -0.3 is 10.1 Å². The first-order chi connectivity index (χ1) is 14.4. The predicted octanol–water partition coefficient (Wildman–Crippen LogP) is 6.08. The quantitative estimate of drug-likeness (QED) is 0.198. The fraction of sp³-hybridized carbons (Fsp3) is 0.0909. The third-order valence-electron chi connectivity index (χ3n) is 4.07. The lowest BCUT2D eigenvalue weighted by molar-refractivity contribution is 0.252. The summed E-state index contributed by atoms with van der Waals surface area (Å²) in [6.07, 6.45) is 1.57. The standard InChI is InChI=1S/C22H18FI2N3O2/c1-14-5-2-3-8-20(14)27-22(29)28-26-12-16-10-18(24)21(19(25)11-16)30-13-15-6-4-7-17(23)9-15/h2-12H,13H2,1H3,(H2,27,28,29). The fourth-order valence-electron chi connectivity index (χ4n) is 2.60. The lowest BCUT2D eigenvalue weighted by Crippen LogP contribution is -2.24. The Morgan fingerprint density at radius 2 is 1.83 bits per heavy atom. The van der Waals surface area contributed by atoms with Crippen LogP contribution < -0.4 is 15.5 Å². The number of aryl methyl sites for hydroxylation is 1. The number of hydrogen-bond acceptors (Lipinski definition) is 3. The lowest BCUT2D eigenvalue weighted by atomic mass is 10.2. The Labute approximate surface area is 201 Å². The summed E-state index contributed by atoms with van der Waals surface area (Å²) in [5.41, 5.74) is 5.74. The van der Waals surface area contributed by atoms with Crippen LogP contribution in [-0.4, -0.2) is 12.2 Å². The molecule has 2 N–H and O–H groups in total. The summed E-state index contributed by atoms with van der Waals surface area (Å²) >= 11 is 4.36. The third kappa shape index (κ3) is 6.39. The smallest absolute Gasteiger partial charge is 0.339 e. The van der Waals surface area contributed by atoms with Crippen molar-refractivity contribution in [3.05, 3.63) is 90.3 Å². The zero-order chi connectivity index (χ0) is 21.5. The van der Waals surface area contributed by atoms with Gasteiger partial charge in [0.2, 0.25) is 0 Å². The highest BCUT2D eigenvalue weighted by molar-refractivity contribution is 14.1. The molecule has 30 heavy (non-hydrogen) atoms. The van der Waals surface area contributed by atoms with E-state index in [4.69, 9.17) is 4.74 Å². The van der Waals surface area contributed by atoms with Gasteiger partial charge in [-0.15, -0.1) is 0 Å². The molecule has 0 aromatic heterocycles. The van der Waals surface area contributed by atoms with Crippen molar-refractivity contribution in [2.45, 2.75) is 13.5 Å². The molecule has 0 aliphatic rings. The van der Waals surface area contributed by atoms with Gasteiger partial charge in [0.05, 0.1) is 13.4 Å². The van der Waals surface area contributed by atoms with Crippen molar-refractivity contribution in [1.29, 1.82) is 0 Å². The van der Waals surface area contributed by atoms with Crippen LogP contribution in [0.1, 0.15) is 16.7 Å². The number of benzene rings is 3. The number of amides is 2. The molecule has 0 saturated carbocycles. The first kappa shape index (κ1) is 22.5. The van der Waals surface area contributed by atoms with Crippen LogP contribution in [0.2, 0.25) is 0 Å². The van der Waals surface area contributed by atoms with Crippen LogP contribution in [0.15, 0.2) is 65.8 Å². The number of para-hydroxylation sites is 1. The normalized spacial score (nSPS) is 10.8. The molecule has 0 heterocycles.